The highest BCUT2D eigenvalue weighted by Crippen LogP contribution is 2.35. The van der Waals surface area contributed by atoms with Crippen LogP contribution in [0, 0.1) is 0 Å². The quantitative estimate of drug-likeness (QED) is 0.613. The van der Waals surface area contributed by atoms with Crippen molar-refractivity contribution in [3.8, 4) is 11.5 Å². The van der Waals surface area contributed by atoms with Crippen LogP contribution in [0.2, 0.25) is 0 Å². The van der Waals surface area contributed by atoms with Gasteiger partial charge in [0.1, 0.15) is 11.7 Å². The minimum Gasteiger partial charge on any atom is -0.504 e. The van der Waals surface area contributed by atoms with Crippen LogP contribution in [0.15, 0.2) is 30.0 Å². The molecule has 1 aromatic carbocycles. The van der Waals surface area contributed by atoms with Gasteiger partial charge in [-0.15, -0.1) is 5.10 Å². The van der Waals surface area contributed by atoms with Crippen molar-refractivity contribution in [1.29, 1.82) is 0 Å². The first kappa shape index (κ1) is 15.6. The maximum absolute atomic E-state index is 12.8. The standard InChI is InChI=1S/C13H9F3N4O4/c14-13(15,16)11-18-12-17-6(10(23)24)4-7(20(12)19-11)5-1-2-8(21)9(22)3-5/h1-4,7,21-22H,(H,23,24)(H,17,18,19). The Labute approximate surface area is 131 Å². The molecule has 3 rings (SSSR count). The molecule has 0 amide bonds. The largest absolute Gasteiger partial charge is 0.504 e. The summed E-state index contributed by atoms with van der Waals surface area (Å²) in [6, 6.07) is 2.48. The number of carboxylic acid groups (broad SMARTS) is 1. The fraction of sp³-hybridized carbons (Fsp3) is 0.154. The molecule has 2 heterocycles. The predicted molar refractivity (Wildman–Crippen MR) is 72.3 cm³/mol. The summed E-state index contributed by atoms with van der Waals surface area (Å²) in [6.07, 6.45) is -3.69. The number of carboxylic acids is 1. The van der Waals surface area contributed by atoms with E-state index in [2.05, 4.69) is 15.4 Å². The molecule has 126 valence electrons. The van der Waals surface area contributed by atoms with Crippen LogP contribution in [-0.4, -0.2) is 36.1 Å². The number of rotatable bonds is 2. The molecule has 24 heavy (non-hydrogen) atoms. The maximum atomic E-state index is 12.8. The van der Waals surface area contributed by atoms with Crippen molar-refractivity contribution in [2.45, 2.75) is 12.2 Å². The Morgan fingerprint density at radius 3 is 2.54 bits per heavy atom. The third-order valence-corrected chi connectivity index (χ3v) is 3.29. The Kier molecular flexibility index (Phi) is 3.36. The van der Waals surface area contributed by atoms with Gasteiger partial charge in [0.25, 0.3) is 5.82 Å². The van der Waals surface area contributed by atoms with Gasteiger partial charge in [0.15, 0.2) is 11.5 Å². The van der Waals surface area contributed by atoms with Gasteiger partial charge in [0.05, 0.1) is 0 Å². The topological polar surface area (TPSA) is 120 Å². The van der Waals surface area contributed by atoms with Crippen molar-refractivity contribution in [3.63, 3.8) is 0 Å². The third kappa shape index (κ3) is 2.59. The predicted octanol–water partition coefficient (Wildman–Crippen LogP) is 1.69. The molecule has 1 aliphatic rings. The summed E-state index contributed by atoms with van der Waals surface area (Å²) in [7, 11) is 0. The number of hydrogen-bond acceptors (Lipinski definition) is 6. The molecular weight excluding hydrogens is 333 g/mol. The molecule has 2 aromatic rings. The van der Waals surface area contributed by atoms with Crippen LogP contribution in [0.5, 0.6) is 11.5 Å². The number of phenols is 2. The van der Waals surface area contributed by atoms with Crippen LogP contribution in [0.1, 0.15) is 17.4 Å². The molecule has 11 heteroatoms. The highest BCUT2D eigenvalue weighted by molar-refractivity contribution is 5.90. The van der Waals surface area contributed by atoms with E-state index in [4.69, 9.17) is 5.11 Å². The van der Waals surface area contributed by atoms with E-state index in [1.165, 1.54) is 6.07 Å². The SMILES string of the molecule is O=C(O)C1=CC(c2ccc(O)c(O)c2)n2nc(C(F)(F)F)nc2N1. The summed E-state index contributed by atoms with van der Waals surface area (Å²) in [5.41, 5.74) is -0.174. The summed E-state index contributed by atoms with van der Waals surface area (Å²) >= 11 is 0. The second-order valence-corrected chi connectivity index (χ2v) is 4.90. The van der Waals surface area contributed by atoms with E-state index >= 15 is 0 Å². The number of fused-ring (bicyclic) bond motifs is 1. The fourth-order valence-corrected chi connectivity index (χ4v) is 2.20. The summed E-state index contributed by atoms with van der Waals surface area (Å²) in [4.78, 5) is 14.4. The summed E-state index contributed by atoms with van der Waals surface area (Å²) < 4.78 is 39.3. The number of carbonyl (C=O) groups is 1. The number of allylic oxidation sites excluding steroid dienone is 1. The molecule has 4 N–H and O–H groups in total. The molecule has 0 radical (unpaired) electrons. The van der Waals surface area contributed by atoms with Gasteiger partial charge in [-0.3, -0.25) is 0 Å². The molecule has 1 atom stereocenters. The second-order valence-electron chi connectivity index (χ2n) is 4.90. The fourth-order valence-electron chi connectivity index (χ4n) is 2.20. The summed E-state index contributed by atoms with van der Waals surface area (Å²) in [5, 5.41) is 33.6. The van der Waals surface area contributed by atoms with Crippen LogP contribution in [0.4, 0.5) is 19.1 Å². The van der Waals surface area contributed by atoms with Crippen LogP contribution in [0.3, 0.4) is 0 Å². The highest BCUT2D eigenvalue weighted by atomic mass is 19.4. The molecule has 0 spiro atoms. The molecule has 0 bridgehead atoms. The monoisotopic (exact) mass is 342 g/mol. The molecule has 0 aliphatic carbocycles. The van der Waals surface area contributed by atoms with E-state index < -0.39 is 41.5 Å². The molecule has 1 aliphatic heterocycles. The van der Waals surface area contributed by atoms with E-state index in [9.17, 15) is 28.2 Å². The van der Waals surface area contributed by atoms with Crippen LogP contribution in [0.25, 0.3) is 0 Å². The number of halogens is 3. The zero-order chi connectivity index (χ0) is 17.6. The number of aliphatic carboxylic acids is 1. The number of anilines is 1. The molecule has 0 fully saturated rings. The second kappa shape index (κ2) is 5.15. The van der Waals surface area contributed by atoms with E-state index in [0.29, 0.717) is 0 Å². The van der Waals surface area contributed by atoms with Gasteiger partial charge < -0.3 is 20.6 Å². The van der Waals surface area contributed by atoms with Crippen LogP contribution >= 0.6 is 0 Å². The average molecular weight is 342 g/mol. The smallest absolute Gasteiger partial charge is 0.453 e. The number of hydrogen-bond donors (Lipinski definition) is 4. The zero-order valence-corrected chi connectivity index (χ0v) is 11.6. The number of benzene rings is 1. The normalized spacial score (nSPS) is 17.0. The van der Waals surface area contributed by atoms with Gasteiger partial charge in [-0.2, -0.15) is 18.2 Å². The van der Waals surface area contributed by atoms with E-state index in [1.807, 2.05) is 0 Å². The number of nitrogens with zero attached hydrogens (tertiary/aromatic N) is 3. The summed E-state index contributed by atoms with van der Waals surface area (Å²) in [6.45, 7) is 0. The minimum absolute atomic E-state index is 0.213. The first-order chi connectivity index (χ1) is 11.2. The van der Waals surface area contributed by atoms with Gasteiger partial charge in [-0.1, -0.05) is 6.07 Å². The van der Waals surface area contributed by atoms with Crippen molar-refractivity contribution in [2.24, 2.45) is 0 Å². The highest BCUT2D eigenvalue weighted by Gasteiger charge is 2.39. The Bertz CT molecular complexity index is 859. The number of aromatic hydroxyl groups is 2. The first-order valence-corrected chi connectivity index (χ1v) is 6.44. The van der Waals surface area contributed by atoms with Crippen molar-refractivity contribution in [3.05, 3.63) is 41.4 Å². The zero-order valence-electron chi connectivity index (χ0n) is 11.6. The molecule has 1 aromatic heterocycles. The van der Waals surface area contributed by atoms with Gasteiger partial charge in [-0.25, -0.2) is 9.48 Å². The van der Waals surface area contributed by atoms with Crippen LogP contribution < -0.4 is 5.32 Å². The molecule has 0 saturated carbocycles. The van der Waals surface area contributed by atoms with Gasteiger partial charge in [0.2, 0.25) is 5.95 Å². The van der Waals surface area contributed by atoms with E-state index in [-0.39, 0.29) is 11.3 Å². The molecule has 0 saturated heterocycles. The van der Waals surface area contributed by atoms with Crippen LogP contribution in [-0.2, 0) is 11.0 Å². The molecule has 8 nitrogen and oxygen atoms in total. The maximum Gasteiger partial charge on any atom is 0.453 e. The summed E-state index contributed by atoms with van der Waals surface area (Å²) in [5.74, 6) is -4.16. The van der Waals surface area contributed by atoms with Crippen molar-refractivity contribution in [2.75, 3.05) is 5.32 Å². The number of nitrogens with one attached hydrogen (secondary N) is 1. The van der Waals surface area contributed by atoms with Crippen molar-refractivity contribution in [1.82, 2.24) is 14.8 Å². The lowest BCUT2D eigenvalue weighted by molar-refractivity contribution is -0.145. The lowest BCUT2D eigenvalue weighted by atomic mass is 10.0. The number of phenolic OH excluding ortho intramolecular Hbond substituents is 2. The average Bonchev–Trinajstić information content (AvgIpc) is 2.93. The molecular formula is C13H9F3N4O4. The number of aromatic nitrogens is 3. The van der Waals surface area contributed by atoms with E-state index in [0.717, 1.165) is 22.9 Å². The molecule has 1 unspecified atom stereocenters. The van der Waals surface area contributed by atoms with Crippen molar-refractivity contribution < 1.29 is 33.3 Å². The van der Waals surface area contributed by atoms with Gasteiger partial charge in [-0.05, 0) is 23.8 Å². The lowest BCUT2D eigenvalue weighted by Gasteiger charge is -2.22. The van der Waals surface area contributed by atoms with Gasteiger partial charge in [0, 0.05) is 0 Å². The first-order valence-electron chi connectivity index (χ1n) is 6.44. The third-order valence-electron chi connectivity index (χ3n) is 3.29. The Balaban J connectivity index is 2.15. The van der Waals surface area contributed by atoms with Gasteiger partial charge >= 0.3 is 12.1 Å². The minimum atomic E-state index is -4.81. The van der Waals surface area contributed by atoms with Crippen molar-refractivity contribution >= 4 is 11.9 Å². The van der Waals surface area contributed by atoms with E-state index in [1.54, 1.807) is 0 Å². The Hall–Kier alpha value is -3.24. The number of alkyl halides is 3. The Morgan fingerprint density at radius 2 is 1.96 bits per heavy atom. The lowest BCUT2D eigenvalue weighted by Crippen LogP contribution is -2.24. The Morgan fingerprint density at radius 1 is 1.25 bits per heavy atom.